The SMILES string of the molecule is COc1ccc(C2C(C(=O)Nc3cccnc3)=C(C)Nc3nc(-c4cccnc4)nn32)c(OC)c1. The van der Waals surface area contributed by atoms with Crippen LogP contribution in [0.5, 0.6) is 11.5 Å². The summed E-state index contributed by atoms with van der Waals surface area (Å²) >= 11 is 0. The average molecular weight is 470 g/mol. The molecule has 0 radical (unpaired) electrons. The molecule has 4 heterocycles. The van der Waals surface area contributed by atoms with E-state index >= 15 is 0 Å². The number of hydrogen-bond donors (Lipinski definition) is 2. The van der Waals surface area contributed by atoms with Crippen molar-refractivity contribution in [1.29, 1.82) is 0 Å². The maximum absolute atomic E-state index is 13.6. The molecule has 1 unspecified atom stereocenters. The third kappa shape index (κ3) is 4.17. The summed E-state index contributed by atoms with van der Waals surface area (Å²) in [6.45, 7) is 1.84. The first-order valence-electron chi connectivity index (χ1n) is 10.9. The van der Waals surface area contributed by atoms with Crippen LogP contribution in [0.25, 0.3) is 11.4 Å². The van der Waals surface area contributed by atoms with E-state index in [1.165, 1.54) is 0 Å². The van der Waals surface area contributed by atoms with Gasteiger partial charge in [0.2, 0.25) is 5.95 Å². The van der Waals surface area contributed by atoms with Gasteiger partial charge in [0.15, 0.2) is 5.82 Å². The number of nitrogens with one attached hydrogen (secondary N) is 2. The van der Waals surface area contributed by atoms with Crippen LogP contribution in [0.1, 0.15) is 18.5 Å². The lowest BCUT2D eigenvalue weighted by Crippen LogP contribution is -2.31. The highest BCUT2D eigenvalue weighted by Gasteiger charge is 2.36. The first kappa shape index (κ1) is 22.1. The lowest BCUT2D eigenvalue weighted by Gasteiger charge is -2.29. The number of allylic oxidation sites excluding steroid dienone is 1. The minimum absolute atomic E-state index is 0.296. The van der Waals surface area contributed by atoms with Crippen LogP contribution < -0.4 is 20.1 Å². The number of anilines is 2. The van der Waals surface area contributed by atoms with E-state index in [4.69, 9.17) is 14.6 Å². The van der Waals surface area contributed by atoms with Crippen LogP contribution in [0, 0.1) is 0 Å². The molecule has 0 saturated heterocycles. The zero-order chi connectivity index (χ0) is 24.4. The van der Waals surface area contributed by atoms with E-state index in [9.17, 15) is 4.79 Å². The minimum Gasteiger partial charge on any atom is -0.497 e. The van der Waals surface area contributed by atoms with E-state index < -0.39 is 6.04 Å². The summed E-state index contributed by atoms with van der Waals surface area (Å²) in [5, 5.41) is 10.9. The van der Waals surface area contributed by atoms with E-state index in [-0.39, 0.29) is 5.91 Å². The Kier molecular flexibility index (Phi) is 5.84. The van der Waals surface area contributed by atoms with E-state index in [1.54, 1.807) is 61.9 Å². The Bertz CT molecular complexity index is 1400. The standard InChI is InChI=1S/C25H23N7O3/c1-15-21(24(33)29-17-7-5-11-27-14-17)22(19-9-8-18(34-2)12-20(19)35-3)32-25(28-15)30-23(31-32)16-6-4-10-26-13-16/h4-14,22H,1-3H3,(H,29,33)(H,28,30,31). The Labute approximate surface area is 201 Å². The molecular weight excluding hydrogens is 446 g/mol. The zero-order valence-corrected chi connectivity index (χ0v) is 19.4. The number of methoxy groups -OCH3 is 2. The number of nitrogens with zero attached hydrogens (tertiary/aromatic N) is 5. The predicted octanol–water partition coefficient (Wildman–Crippen LogP) is 3.68. The van der Waals surface area contributed by atoms with Gasteiger partial charge in [-0.15, -0.1) is 5.10 Å². The van der Waals surface area contributed by atoms with Gasteiger partial charge in [-0.1, -0.05) is 0 Å². The molecule has 0 bridgehead atoms. The van der Waals surface area contributed by atoms with Crippen LogP contribution >= 0.6 is 0 Å². The summed E-state index contributed by atoms with van der Waals surface area (Å²) in [5.74, 6) is 1.88. The van der Waals surface area contributed by atoms with Gasteiger partial charge in [0.1, 0.15) is 17.5 Å². The van der Waals surface area contributed by atoms with Gasteiger partial charge in [-0.3, -0.25) is 14.8 Å². The first-order chi connectivity index (χ1) is 17.1. The fraction of sp³-hybridized carbons (Fsp3) is 0.160. The molecule has 1 atom stereocenters. The number of hydrogen-bond acceptors (Lipinski definition) is 8. The van der Waals surface area contributed by atoms with Gasteiger partial charge in [0.25, 0.3) is 5.91 Å². The van der Waals surface area contributed by atoms with Gasteiger partial charge in [-0.25, -0.2) is 4.68 Å². The molecule has 1 aliphatic heterocycles. The Morgan fingerprint density at radius 1 is 1.06 bits per heavy atom. The summed E-state index contributed by atoms with van der Waals surface area (Å²) in [5.41, 5.74) is 3.18. The number of carbonyl (C=O) groups is 1. The molecule has 5 rings (SSSR count). The second kappa shape index (κ2) is 9.26. The predicted molar refractivity (Wildman–Crippen MR) is 130 cm³/mol. The number of ether oxygens (including phenoxy) is 2. The normalized spacial score (nSPS) is 14.7. The molecule has 0 saturated carbocycles. The molecule has 176 valence electrons. The molecule has 10 heteroatoms. The molecule has 0 fully saturated rings. The number of benzene rings is 1. The van der Waals surface area contributed by atoms with Crippen molar-refractivity contribution in [3.8, 4) is 22.9 Å². The smallest absolute Gasteiger partial charge is 0.255 e. The summed E-state index contributed by atoms with van der Waals surface area (Å²) < 4.78 is 12.8. The van der Waals surface area contributed by atoms with Gasteiger partial charge in [-0.2, -0.15) is 4.98 Å². The Balaban J connectivity index is 1.65. The summed E-state index contributed by atoms with van der Waals surface area (Å²) in [7, 11) is 3.17. The first-order valence-corrected chi connectivity index (χ1v) is 10.9. The van der Waals surface area contributed by atoms with E-state index in [0.29, 0.717) is 40.2 Å². The third-order valence-electron chi connectivity index (χ3n) is 5.67. The molecule has 35 heavy (non-hydrogen) atoms. The lowest BCUT2D eigenvalue weighted by molar-refractivity contribution is -0.113. The zero-order valence-electron chi connectivity index (χ0n) is 19.4. The molecule has 1 aliphatic rings. The van der Waals surface area contributed by atoms with Crippen molar-refractivity contribution in [3.05, 3.63) is 84.1 Å². The maximum Gasteiger partial charge on any atom is 0.255 e. The third-order valence-corrected chi connectivity index (χ3v) is 5.67. The minimum atomic E-state index is -0.623. The maximum atomic E-state index is 13.6. The molecule has 3 aromatic heterocycles. The van der Waals surface area contributed by atoms with Crippen molar-refractivity contribution in [2.75, 3.05) is 24.9 Å². The van der Waals surface area contributed by atoms with Gasteiger partial charge in [0, 0.05) is 41.5 Å². The lowest BCUT2D eigenvalue weighted by atomic mass is 9.94. The van der Waals surface area contributed by atoms with Crippen molar-refractivity contribution in [2.45, 2.75) is 13.0 Å². The highest BCUT2D eigenvalue weighted by Crippen LogP contribution is 2.41. The second-order valence-electron chi connectivity index (χ2n) is 7.82. The summed E-state index contributed by atoms with van der Waals surface area (Å²) in [4.78, 5) is 26.5. The van der Waals surface area contributed by atoms with Gasteiger partial charge < -0.3 is 20.1 Å². The van der Waals surface area contributed by atoms with E-state index in [0.717, 1.165) is 11.1 Å². The molecule has 4 aromatic rings. The molecule has 10 nitrogen and oxygen atoms in total. The number of amides is 1. The van der Waals surface area contributed by atoms with Crippen molar-refractivity contribution < 1.29 is 14.3 Å². The Morgan fingerprint density at radius 3 is 2.54 bits per heavy atom. The number of rotatable bonds is 6. The highest BCUT2D eigenvalue weighted by molar-refractivity contribution is 6.06. The molecule has 0 spiro atoms. The van der Waals surface area contributed by atoms with Gasteiger partial charge >= 0.3 is 0 Å². The van der Waals surface area contributed by atoms with Crippen molar-refractivity contribution >= 4 is 17.5 Å². The summed E-state index contributed by atoms with van der Waals surface area (Å²) in [6, 6.07) is 12.1. The fourth-order valence-corrected chi connectivity index (χ4v) is 4.03. The molecule has 2 N–H and O–H groups in total. The average Bonchev–Trinajstić information content (AvgIpc) is 3.32. The van der Waals surface area contributed by atoms with E-state index in [2.05, 4.69) is 25.6 Å². The van der Waals surface area contributed by atoms with E-state index in [1.807, 2.05) is 31.2 Å². The topological polar surface area (TPSA) is 116 Å². The van der Waals surface area contributed by atoms with Crippen LogP contribution in [-0.4, -0.2) is 44.9 Å². The van der Waals surface area contributed by atoms with Crippen molar-refractivity contribution in [1.82, 2.24) is 24.7 Å². The second-order valence-corrected chi connectivity index (χ2v) is 7.82. The molecule has 1 amide bonds. The van der Waals surface area contributed by atoms with Gasteiger partial charge in [0.05, 0.1) is 31.7 Å². The van der Waals surface area contributed by atoms with Crippen LogP contribution in [-0.2, 0) is 4.79 Å². The van der Waals surface area contributed by atoms with Crippen LogP contribution in [0.15, 0.2) is 78.5 Å². The highest BCUT2D eigenvalue weighted by atomic mass is 16.5. The largest absolute Gasteiger partial charge is 0.497 e. The van der Waals surface area contributed by atoms with Crippen LogP contribution in [0.3, 0.4) is 0 Å². The van der Waals surface area contributed by atoms with Gasteiger partial charge in [-0.05, 0) is 43.3 Å². The van der Waals surface area contributed by atoms with Crippen molar-refractivity contribution in [2.24, 2.45) is 0 Å². The number of fused-ring (bicyclic) bond motifs is 1. The molecule has 0 aliphatic carbocycles. The summed E-state index contributed by atoms with van der Waals surface area (Å²) in [6.07, 6.45) is 6.62. The number of pyridine rings is 2. The molecular formula is C25H23N7O3. The number of aromatic nitrogens is 5. The van der Waals surface area contributed by atoms with Crippen LogP contribution in [0.4, 0.5) is 11.6 Å². The van der Waals surface area contributed by atoms with Crippen LogP contribution in [0.2, 0.25) is 0 Å². The molecule has 1 aromatic carbocycles. The fourth-order valence-electron chi connectivity index (χ4n) is 4.03. The Morgan fingerprint density at radius 2 is 1.86 bits per heavy atom. The van der Waals surface area contributed by atoms with Crippen molar-refractivity contribution in [3.63, 3.8) is 0 Å². The monoisotopic (exact) mass is 469 g/mol. The quantitative estimate of drug-likeness (QED) is 0.439. The number of carbonyl (C=O) groups excluding carboxylic acids is 1. The Hall–Kier alpha value is -4.73.